The molecule has 2 nitrogen and oxygen atoms in total. The van der Waals surface area contributed by atoms with Crippen molar-refractivity contribution in [2.45, 2.75) is 141 Å². The summed E-state index contributed by atoms with van der Waals surface area (Å²) in [6.07, 6.45) is 12.9. The minimum atomic E-state index is -0.720. The minimum absolute atomic E-state index is 0.614. The molecule has 0 amide bonds. The third-order valence-corrected chi connectivity index (χ3v) is 16.8. The van der Waals surface area contributed by atoms with E-state index in [4.69, 9.17) is 9.47 Å². The molecule has 0 saturated carbocycles. The van der Waals surface area contributed by atoms with Crippen molar-refractivity contribution in [2.24, 2.45) is 0 Å². The molecule has 0 spiro atoms. The van der Waals surface area contributed by atoms with E-state index in [1.807, 2.05) is 0 Å². The largest absolute Gasteiger partial charge is 0.382 e. The lowest BCUT2D eigenvalue weighted by molar-refractivity contribution is 0.0921. The highest BCUT2D eigenvalue weighted by atomic mass is 33.1. The second kappa shape index (κ2) is 25.2. The Balaban J connectivity index is 4.06. The zero-order valence-corrected chi connectivity index (χ0v) is 26.6. The van der Waals surface area contributed by atoms with E-state index in [9.17, 15) is 0 Å². The summed E-state index contributed by atoms with van der Waals surface area (Å²) in [6.45, 7) is 16.1. The molecule has 0 aromatic rings. The van der Waals surface area contributed by atoms with E-state index < -0.39 is 17.6 Å². The van der Waals surface area contributed by atoms with Gasteiger partial charge >= 0.3 is 0 Å². The van der Waals surface area contributed by atoms with Crippen LogP contribution in [0.5, 0.6) is 0 Å². The predicted octanol–water partition coefficient (Wildman–Crippen LogP) is 8.69. The van der Waals surface area contributed by atoms with E-state index in [-0.39, 0.29) is 0 Å². The second-order valence-electron chi connectivity index (χ2n) is 9.31. The van der Waals surface area contributed by atoms with Crippen molar-refractivity contribution in [3.8, 4) is 0 Å². The van der Waals surface area contributed by atoms with Gasteiger partial charge in [0.15, 0.2) is 0 Å². The number of hydrogen-bond acceptors (Lipinski definition) is 4. The Kier molecular flexibility index (Phi) is 26.0. The highest BCUT2D eigenvalue weighted by Crippen LogP contribution is 2.26. The molecule has 0 aliphatic carbocycles. The van der Waals surface area contributed by atoms with Gasteiger partial charge in [0, 0.05) is 36.2 Å². The maximum absolute atomic E-state index is 6.39. The Morgan fingerprint density at radius 2 is 0.906 bits per heavy atom. The fraction of sp³-hybridized carbons (Fsp3) is 1.00. The quantitative estimate of drug-likeness (QED) is 0.0677. The molecule has 0 aromatic carbocycles. The molecule has 0 aliphatic rings. The molecule has 0 aliphatic heterocycles. The van der Waals surface area contributed by atoms with E-state index >= 15 is 0 Å². The maximum atomic E-state index is 6.39. The lowest BCUT2D eigenvalue weighted by atomic mass is 10.3. The number of ether oxygens (including phenoxy) is 2. The summed E-state index contributed by atoms with van der Waals surface area (Å²) >= 11 is 0. The molecule has 0 N–H and O–H groups in total. The Morgan fingerprint density at radius 1 is 0.531 bits per heavy atom. The molecule has 194 valence electrons. The maximum Gasteiger partial charge on any atom is 0.0711 e. The third kappa shape index (κ3) is 17.5. The molecule has 32 heavy (non-hydrogen) atoms. The topological polar surface area (TPSA) is 18.5 Å². The molecule has 6 heteroatoms. The Hall–Kier alpha value is 1.05. The van der Waals surface area contributed by atoms with Gasteiger partial charge in [-0.05, 0) is 38.5 Å². The first kappa shape index (κ1) is 33.1. The van der Waals surface area contributed by atoms with E-state index in [0.717, 1.165) is 13.2 Å². The lowest BCUT2D eigenvalue weighted by Crippen LogP contribution is -2.32. The van der Waals surface area contributed by atoms with Crippen LogP contribution in [0.25, 0.3) is 0 Å². The van der Waals surface area contributed by atoms with Gasteiger partial charge in [-0.15, -0.1) is 0 Å². The van der Waals surface area contributed by atoms with Crippen LogP contribution in [0.2, 0.25) is 24.2 Å². The zero-order chi connectivity index (χ0) is 23.9. The summed E-state index contributed by atoms with van der Waals surface area (Å²) in [4.78, 5) is 0. The highest BCUT2D eigenvalue weighted by Gasteiger charge is 2.21. The van der Waals surface area contributed by atoms with Crippen molar-refractivity contribution in [3.63, 3.8) is 0 Å². The van der Waals surface area contributed by atoms with Gasteiger partial charge in [-0.25, -0.2) is 0 Å². The van der Waals surface area contributed by atoms with E-state index in [2.05, 4.69) is 63.1 Å². The van der Waals surface area contributed by atoms with Crippen molar-refractivity contribution in [1.82, 2.24) is 0 Å². The van der Waals surface area contributed by atoms with E-state index in [1.54, 1.807) is 0 Å². The second-order valence-corrected chi connectivity index (χ2v) is 19.8. The molecule has 0 rings (SSSR count). The lowest BCUT2D eigenvalue weighted by Gasteiger charge is -2.25. The molecule has 2 atom stereocenters. The van der Waals surface area contributed by atoms with Crippen LogP contribution in [0.15, 0.2) is 0 Å². The summed E-state index contributed by atoms with van der Waals surface area (Å²) in [5, 5.41) is 0. The first-order valence-electron chi connectivity index (χ1n) is 14.2. The van der Waals surface area contributed by atoms with Crippen molar-refractivity contribution in [2.75, 3.05) is 24.7 Å². The van der Waals surface area contributed by atoms with Gasteiger partial charge in [0.1, 0.15) is 0 Å². The average molecular weight is 523 g/mol. The molecule has 0 radical (unpaired) electrons. The number of unbranched alkanes of at least 4 members (excludes halogenated alkanes) is 4. The molecule has 0 bridgehead atoms. The van der Waals surface area contributed by atoms with Crippen molar-refractivity contribution < 1.29 is 9.47 Å². The summed E-state index contributed by atoms with van der Waals surface area (Å²) in [5.74, 6) is 2.57. The molecule has 2 unspecified atom stereocenters. The number of rotatable bonds is 25. The van der Waals surface area contributed by atoms with Crippen LogP contribution in [0.1, 0.15) is 106 Å². The Bertz CT molecular complexity index is 336. The monoisotopic (exact) mass is 522 g/mol. The molecule has 0 heterocycles. The van der Waals surface area contributed by atoms with E-state index in [1.165, 1.54) is 99.9 Å². The van der Waals surface area contributed by atoms with Crippen molar-refractivity contribution in [1.29, 1.82) is 0 Å². The van der Waals surface area contributed by atoms with Crippen LogP contribution in [0.3, 0.4) is 0 Å². The summed E-state index contributed by atoms with van der Waals surface area (Å²) in [7, 11) is 2.76. The van der Waals surface area contributed by atoms with Gasteiger partial charge in [0.05, 0.1) is 17.6 Å². The molecular weight excluding hydrogens is 465 g/mol. The van der Waals surface area contributed by atoms with Crippen molar-refractivity contribution >= 4 is 39.2 Å². The predicted molar refractivity (Wildman–Crippen MR) is 158 cm³/mol. The molecule has 0 aromatic heterocycles. The average Bonchev–Trinajstić information content (AvgIpc) is 2.81. The van der Waals surface area contributed by atoms with Crippen LogP contribution >= 0.6 is 21.6 Å². The summed E-state index contributed by atoms with van der Waals surface area (Å²) in [6, 6.07) is 5.55. The minimum Gasteiger partial charge on any atom is -0.382 e. The van der Waals surface area contributed by atoms with Crippen LogP contribution in [-0.2, 0) is 9.47 Å². The highest BCUT2D eigenvalue weighted by molar-refractivity contribution is 8.76. The van der Waals surface area contributed by atoms with Gasteiger partial charge in [-0.2, -0.15) is 0 Å². The van der Waals surface area contributed by atoms with Crippen LogP contribution in [-0.4, -0.2) is 53.8 Å². The third-order valence-electron chi connectivity index (χ3n) is 6.82. The molecule has 0 fully saturated rings. The van der Waals surface area contributed by atoms with Gasteiger partial charge in [0.25, 0.3) is 0 Å². The Labute approximate surface area is 214 Å². The summed E-state index contributed by atoms with van der Waals surface area (Å²) in [5.41, 5.74) is 1.23. The van der Waals surface area contributed by atoms with Crippen molar-refractivity contribution in [3.05, 3.63) is 0 Å². The van der Waals surface area contributed by atoms with Gasteiger partial charge < -0.3 is 9.47 Å². The fourth-order valence-electron chi connectivity index (χ4n) is 4.52. The SMILES string of the molecule is CCCCCOC(CCCSSCCCC(OCCCCC)[SiH](CC)CC)[SiH](CC)CC. The Morgan fingerprint density at radius 3 is 1.22 bits per heavy atom. The summed E-state index contributed by atoms with van der Waals surface area (Å²) < 4.78 is 12.8. The smallest absolute Gasteiger partial charge is 0.0711 e. The normalized spacial score (nSPS) is 13.9. The van der Waals surface area contributed by atoms with Gasteiger partial charge in [-0.3, -0.25) is 0 Å². The van der Waals surface area contributed by atoms with Crippen LogP contribution in [0.4, 0.5) is 0 Å². The fourth-order valence-corrected chi connectivity index (χ4v) is 12.2. The van der Waals surface area contributed by atoms with Crippen LogP contribution < -0.4 is 0 Å². The van der Waals surface area contributed by atoms with Gasteiger partial charge in [-0.1, -0.05) is 113 Å². The first-order valence-corrected chi connectivity index (χ1v) is 21.2. The molecule has 0 saturated heterocycles. The van der Waals surface area contributed by atoms with Crippen LogP contribution in [0, 0.1) is 0 Å². The zero-order valence-electron chi connectivity index (χ0n) is 22.7. The standard InChI is InChI=1S/C26H58O2S2Si2/c1-7-13-15-21-27-25(31(9-3)10-4)19-17-23-29-30-24-18-20-26(32(11-5)12-6)28-22-16-14-8-2/h25-26,31-32H,7-24H2,1-6H3. The first-order chi connectivity index (χ1) is 15.7. The van der Waals surface area contributed by atoms with Gasteiger partial charge in [0.2, 0.25) is 0 Å². The van der Waals surface area contributed by atoms with E-state index in [0.29, 0.717) is 11.5 Å². The number of hydrogen-bond donors (Lipinski definition) is 0. The molecular formula is C26H58O2S2Si2.